The standard InChI is InChI=1S/C41H71N5O9/c1-14-16-17-20-30-41(11,12)40(53)44-31(24(5)6)36(49)45(13)32(25(7)8)39(52)55-33(26(9)15-2)37(50)46-21-18-19-29(46)35(48)43-28(22-23(3)4)34(47)42-27(10)38(51)54-30/h23-33H,14-22H2,1-13H3,(H,42,47)(H,43,48)(H,44,53). The van der Waals surface area contributed by atoms with E-state index in [0.29, 0.717) is 32.1 Å². The molecule has 2 rings (SSSR count). The highest BCUT2D eigenvalue weighted by Gasteiger charge is 2.46. The first-order valence-electron chi connectivity index (χ1n) is 20.5. The molecule has 14 heteroatoms. The van der Waals surface area contributed by atoms with E-state index in [1.54, 1.807) is 48.5 Å². The molecular weight excluding hydrogens is 706 g/mol. The predicted octanol–water partition coefficient (Wildman–Crippen LogP) is 4.13. The van der Waals surface area contributed by atoms with Crippen molar-refractivity contribution in [1.29, 1.82) is 0 Å². The molecule has 0 aromatic heterocycles. The van der Waals surface area contributed by atoms with E-state index in [2.05, 4.69) is 16.0 Å². The molecule has 314 valence electrons. The Balaban J connectivity index is 2.72. The number of nitrogens with one attached hydrogen (secondary N) is 3. The summed E-state index contributed by atoms with van der Waals surface area (Å²) >= 11 is 0. The van der Waals surface area contributed by atoms with E-state index in [1.165, 1.54) is 23.8 Å². The molecule has 0 saturated carbocycles. The maximum atomic E-state index is 14.2. The zero-order chi connectivity index (χ0) is 41.9. The lowest BCUT2D eigenvalue weighted by molar-refractivity contribution is -0.172. The van der Waals surface area contributed by atoms with Crippen molar-refractivity contribution in [2.45, 2.75) is 177 Å². The predicted molar refractivity (Wildman–Crippen MR) is 209 cm³/mol. The van der Waals surface area contributed by atoms with Gasteiger partial charge in [-0.1, -0.05) is 75.2 Å². The normalized spacial score (nSPS) is 28.9. The third kappa shape index (κ3) is 12.4. The van der Waals surface area contributed by atoms with E-state index < -0.39 is 107 Å². The molecule has 0 bridgehead atoms. The Labute approximate surface area is 329 Å². The van der Waals surface area contributed by atoms with E-state index in [1.807, 2.05) is 27.7 Å². The van der Waals surface area contributed by atoms with Crippen LogP contribution in [0, 0.1) is 29.1 Å². The van der Waals surface area contributed by atoms with Crippen LogP contribution in [0.25, 0.3) is 0 Å². The van der Waals surface area contributed by atoms with Gasteiger partial charge in [-0.25, -0.2) is 9.59 Å². The molecule has 2 aliphatic rings. The number of carbonyl (C=O) groups is 7. The van der Waals surface area contributed by atoms with E-state index >= 15 is 0 Å². The molecular formula is C41H71N5O9. The van der Waals surface area contributed by atoms with Crippen LogP contribution in [-0.4, -0.2) is 107 Å². The molecule has 8 atom stereocenters. The zero-order valence-corrected chi connectivity index (χ0v) is 35.8. The molecule has 0 aliphatic carbocycles. The highest BCUT2D eigenvalue weighted by molar-refractivity contribution is 5.96. The zero-order valence-electron chi connectivity index (χ0n) is 35.8. The van der Waals surface area contributed by atoms with Crippen molar-refractivity contribution < 1.29 is 43.0 Å². The van der Waals surface area contributed by atoms with Gasteiger partial charge in [-0.2, -0.15) is 0 Å². The second-order valence-electron chi connectivity index (χ2n) is 17.3. The lowest BCUT2D eigenvalue weighted by atomic mass is 9.82. The van der Waals surface area contributed by atoms with Crippen LogP contribution in [0.1, 0.15) is 134 Å². The quantitative estimate of drug-likeness (QED) is 0.217. The van der Waals surface area contributed by atoms with Crippen molar-refractivity contribution in [3.05, 3.63) is 0 Å². The molecule has 0 spiro atoms. The number of amides is 5. The average Bonchev–Trinajstić information content (AvgIpc) is 3.60. The monoisotopic (exact) mass is 778 g/mol. The molecule has 5 amide bonds. The highest BCUT2D eigenvalue weighted by atomic mass is 16.6. The largest absolute Gasteiger partial charge is 0.460 e. The topological polar surface area (TPSA) is 181 Å². The van der Waals surface area contributed by atoms with E-state index in [9.17, 15) is 33.6 Å². The van der Waals surface area contributed by atoms with Crippen LogP contribution >= 0.6 is 0 Å². The molecule has 0 aromatic rings. The lowest BCUT2D eigenvalue weighted by Gasteiger charge is -2.38. The molecule has 2 fully saturated rings. The summed E-state index contributed by atoms with van der Waals surface area (Å²) in [5, 5.41) is 8.44. The highest BCUT2D eigenvalue weighted by Crippen LogP contribution is 2.30. The summed E-state index contributed by atoms with van der Waals surface area (Å²) < 4.78 is 12.0. The van der Waals surface area contributed by atoms with Gasteiger partial charge in [-0.05, 0) is 77.0 Å². The molecule has 3 N–H and O–H groups in total. The number of ether oxygens (including phenoxy) is 2. The number of rotatable bonds is 10. The van der Waals surface area contributed by atoms with E-state index in [-0.39, 0.29) is 18.9 Å². The van der Waals surface area contributed by atoms with Crippen LogP contribution in [0.4, 0.5) is 0 Å². The number of hydrogen-bond acceptors (Lipinski definition) is 9. The Bertz CT molecular complexity index is 1370. The summed E-state index contributed by atoms with van der Waals surface area (Å²) in [4.78, 5) is 101. The van der Waals surface area contributed by atoms with Crippen molar-refractivity contribution in [3.8, 4) is 0 Å². The number of fused-ring (bicyclic) bond motifs is 1. The van der Waals surface area contributed by atoms with Crippen LogP contribution in [0.5, 0.6) is 0 Å². The van der Waals surface area contributed by atoms with Crippen molar-refractivity contribution >= 4 is 41.5 Å². The number of cyclic esters (lactones) is 2. The minimum Gasteiger partial charge on any atom is -0.460 e. The SMILES string of the molecule is CCCCCC1OC(=O)C(C)NC(=O)C(CC(C)C)NC(=O)C2CCCN2C(=O)C(C(C)CC)OC(=O)C(C(C)C)N(C)C(=O)C(C(C)C)NC(=O)C1(C)C. The van der Waals surface area contributed by atoms with Crippen LogP contribution < -0.4 is 16.0 Å². The van der Waals surface area contributed by atoms with Crippen molar-refractivity contribution in [1.82, 2.24) is 25.8 Å². The van der Waals surface area contributed by atoms with Gasteiger partial charge in [0.1, 0.15) is 36.3 Å². The van der Waals surface area contributed by atoms with Crippen molar-refractivity contribution in [2.24, 2.45) is 29.1 Å². The summed E-state index contributed by atoms with van der Waals surface area (Å²) in [5.74, 6) is -5.45. The maximum Gasteiger partial charge on any atom is 0.329 e. The molecule has 0 radical (unpaired) electrons. The van der Waals surface area contributed by atoms with Gasteiger partial charge < -0.3 is 35.2 Å². The second-order valence-corrected chi connectivity index (χ2v) is 17.3. The summed E-state index contributed by atoms with van der Waals surface area (Å²) in [7, 11) is 1.49. The van der Waals surface area contributed by atoms with Gasteiger partial charge in [0.05, 0.1) is 5.41 Å². The molecule has 14 nitrogen and oxygen atoms in total. The van der Waals surface area contributed by atoms with Crippen LogP contribution in [0.2, 0.25) is 0 Å². The van der Waals surface area contributed by atoms with Crippen molar-refractivity contribution in [2.75, 3.05) is 13.6 Å². The van der Waals surface area contributed by atoms with E-state index in [4.69, 9.17) is 9.47 Å². The Hall–Kier alpha value is -3.71. The number of esters is 2. The average molecular weight is 778 g/mol. The smallest absolute Gasteiger partial charge is 0.329 e. The van der Waals surface area contributed by atoms with Gasteiger partial charge in [0.25, 0.3) is 5.91 Å². The Kier molecular flexibility index (Phi) is 18.1. The fourth-order valence-corrected chi connectivity index (χ4v) is 7.24. The summed E-state index contributed by atoms with van der Waals surface area (Å²) in [6.07, 6.45) is 2.24. The number of likely N-dealkylation sites (N-methyl/N-ethyl adjacent to an activating group) is 1. The van der Waals surface area contributed by atoms with Gasteiger partial charge in [0.2, 0.25) is 23.6 Å². The molecule has 8 unspecified atom stereocenters. The first-order valence-corrected chi connectivity index (χ1v) is 20.5. The minimum atomic E-state index is -1.31. The number of carbonyl (C=O) groups excluding carboxylic acids is 7. The van der Waals surface area contributed by atoms with Gasteiger partial charge in [-0.3, -0.25) is 24.0 Å². The van der Waals surface area contributed by atoms with Gasteiger partial charge >= 0.3 is 11.9 Å². The first-order chi connectivity index (χ1) is 25.6. The summed E-state index contributed by atoms with van der Waals surface area (Å²) in [6, 6.07) is -5.20. The fraction of sp³-hybridized carbons (Fsp3) is 0.829. The van der Waals surface area contributed by atoms with Crippen LogP contribution in [0.3, 0.4) is 0 Å². The summed E-state index contributed by atoms with van der Waals surface area (Å²) in [6.45, 7) is 21.7. The van der Waals surface area contributed by atoms with Gasteiger partial charge in [-0.15, -0.1) is 0 Å². The fourth-order valence-electron chi connectivity index (χ4n) is 7.24. The molecule has 2 saturated heterocycles. The van der Waals surface area contributed by atoms with Gasteiger partial charge in [0.15, 0.2) is 6.10 Å². The molecule has 0 aromatic carbocycles. The second kappa shape index (κ2) is 21.0. The summed E-state index contributed by atoms with van der Waals surface area (Å²) in [5.41, 5.74) is -1.31. The molecule has 55 heavy (non-hydrogen) atoms. The van der Waals surface area contributed by atoms with E-state index in [0.717, 1.165) is 12.8 Å². The third-order valence-electron chi connectivity index (χ3n) is 11.1. The molecule has 2 aliphatic heterocycles. The molecule has 2 heterocycles. The first kappa shape index (κ1) is 47.4. The van der Waals surface area contributed by atoms with Crippen molar-refractivity contribution in [3.63, 3.8) is 0 Å². The number of unbranched alkanes of at least 4 members (excludes halogenated alkanes) is 2. The van der Waals surface area contributed by atoms with Gasteiger partial charge in [0, 0.05) is 19.5 Å². The minimum absolute atomic E-state index is 0.0109. The van der Waals surface area contributed by atoms with Crippen LogP contribution in [-0.2, 0) is 43.0 Å². The van der Waals surface area contributed by atoms with Crippen LogP contribution in [0.15, 0.2) is 0 Å². The third-order valence-corrected chi connectivity index (χ3v) is 11.1. The maximum absolute atomic E-state index is 14.2. The Morgan fingerprint density at radius 2 is 1.44 bits per heavy atom. The number of nitrogens with zero attached hydrogens (tertiary/aromatic N) is 2. The Morgan fingerprint density at radius 3 is 1.98 bits per heavy atom. The lowest BCUT2D eigenvalue weighted by Crippen LogP contribution is -2.60. The Morgan fingerprint density at radius 1 is 0.800 bits per heavy atom. The number of hydrogen-bond donors (Lipinski definition) is 3.